The highest BCUT2D eigenvalue weighted by molar-refractivity contribution is 5.96. The average molecular weight is 307 g/mol. The number of aromatic nitrogens is 1. The van der Waals surface area contributed by atoms with Crippen LogP contribution in [0.1, 0.15) is 12.5 Å². The molecule has 118 valence electrons. The topological polar surface area (TPSA) is 60.2 Å². The number of rotatable bonds is 6. The molecule has 4 heteroatoms. The van der Waals surface area contributed by atoms with E-state index in [0.29, 0.717) is 18.9 Å². The third-order valence-corrected chi connectivity index (χ3v) is 3.67. The molecule has 0 aliphatic heterocycles. The van der Waals surface area contributed by atoms with E-state index in [1.165, 1.54) is 5.56 Å². The van der Waals surface area contributed by atoms with Gasteiger partial charge in [0, 0.05) is 11.4 Å². The third kappa shape index (κ3) is 3.79. The largest absolute Gasteiger partial charge is 0.396 e. The van der Waals surface area contributed by atoms with Gasteiger partial charge in [0.15, 0.2) is 0 Å². The second-order valence-electron chi connectivity index (χ2n) is 5.65. The maximum atomic E-state index is 6.09. The first-order chi connectivity index (χ1) is 11.2. The van der Waals surface area contributed by atoms with Crippen LogP contribution in [0, 0.1) is 0 Å². The molecule has 0 radical (unpaired) electrons. The molecular formula is C19H21N3O. The van der Waals surface area contributed by atoms with Crippen molar-refractivity contribution < 1.29 is 4.74 Å². The lowest BCUT2D eigenvalue weighted by molar-refractivity contribution is 0.115. The Kier molecular flexibility index (Phi) is 4.74. The molecule has 3 rings (SSSR count). The minimum absolute atomic E-state index is 0.145. The fourth-order valence-corrected chi connectivity index (χ4v) is 2.53. The van der Waals surface area contributed by atoms with Crippen molar-refractivity contribution in [3.8, 4) is 0 Å². The van der Waals surface area contributed by atoms with E-state index in [4.69, 9.17) is 10.5 Å². The van der Waals surface area contributed by atoms with Crippen molar-refractivity contribution in [3.05, 3.63) is 66.4 Å². The van der Waals surface area contributed by atoms with Crippen LogP contribution in [-0.2, 0) is 11.3 Å². The maximum absolute atomic E-state index is 6.09. The van der Waals surface area contributed by atoms with Gasteiger partial charge in [0.05, 0.1) is 36.3 Å². The number of nitrogen functional groups attached to an aromatic ring is 1. The molecule has 0 amide bonds. The molecule has 2 aromatic carbocycles. The average Bonchev–Trinajstić information content (AvgIpc) is 2.58. The van der Waals surface area contributed by atoms with Gasteiger partial charge in [-0.05, 0) is 18.6 Å². The van der Waals surface area contributed by atoms with Crippen LogP contribution in [0.3, 0.4) is 0 Å². The van der Waals surface area contributed by atoms with E-state index in [1.54, 1.807) is 6.20 Å². The Labute approximate surface area is 136 Å². The van der Waals surface area contributed by atoms with E-state index in [2.05, 4.69) is 29.4 Å². The molecule has 0 saturated carbocycles. The van der Waals surface area contributed by atoms with E-state index >= 15 is 0 Å². The van der Waals surface area contributed by atoms with Crippen molar-refractivity contribution in [1.29, 1.82) is 0 Å². The molecule has 0 saturated heterocycles. The number of pyridine rings is 1. The van der Waals surface area contributed by atoms with Crippen LogP contribution in [0.15, 0.2) is 60.8 Å². The molecule has 0 fully saturated rings. The molecule has 3 aromatic rings. The summed E-state index contributed by atoms with van der Waals surface area (Å²) in [4.78, 5) is 4.35. The number of nitrogens with one attached hydrogen (secondary N) is 1. The van der Waals surface area contributed by atoms with Crippen LogP contribution in [0.5, 0.6) is 0 Å². The van der Waals surface area contributed by atoms with Gasteiger partial charge >= 0.3 is 0 Å². The molecule has 0 aliphatic rings. The number of anilines is 2. The van der Waals surface area contributed by atoms with Crippen LogP contribution in [-0.4, -0.2) is 17.6 Å². The highest BCUT2D eigenvalue weighted by Crippen LogP contribution is 2.28. The summed E-state index contributed by atoms with van der Waals surface area (Å²) < 4.78 is 5.79. The van der Waals surface area contributed by atoms with Crippen molar-refractivity contribution in [1.82, 2.24) is 4.98 Å². The predicted molar refractivity (Wildman–Crippen MR) is 95.3 cm³/mol. The zero-order valence-electron chi connectivity index (χ0n) is 13.2. The molecule has 4 nitrogen and oxygen atoms in total. The Balaban J connectivity index is 1.64. The Morgan fingerprint density at radius 2 is 1.83 bits per heavy atom. The summed E-state index contributed by atoms with van der Waals surface area (Å²) in [5, 5.41) is 4.48. The van der Waals surface area contributed by atoms with E-state index in [-0.39, 0.29) is 6.04 Å². The zero-order chi connectivity index (χ0) is 16.1. The van der Waals surface area contributed by atoms with Gasteiger partial charge in [0.2, 0.25) is 0 Å². The number of ether oxygens (including phenoxy) is 1. The highest BCUT2D eigenvalue weighted by atomic mass is 16.5. The van der Waals surface area contributed by atoms with Gasteiger partial charge in [0.1, 0.15) is 0 Å². The van der Waals surface area contributed by atoms with Crippen LogP contribution >= 0.6 is 0 Å². The van der Waals surface area contributed by atoms with Gasteiger partial charge in [-0.15, -0.1) is 0 Å². The van der Waals surface area contributed by atoms with E-state index in [9.17, 15) is 0 Å². The summed E-state index contributed by atoms with van der Waals surface area (Å²) in [5.74, 6) is 0. The van der Waals surface area contributed by atoms with E-state index in [0.717, 1.165) is 16.6 Å². The number of benzene rings is 2. The monoisotopic (exact) mass is 307 g/mol. The first kappa shape index (κ1) is 15.3. The number of hydrogen-bond donors (Lipinski definition) is 2. The van der Waals surface area contributed by atoms with Crippen molar-refractivity contribution in [2.24, 2.45) is 0 Å². The third-order valence-electron chi connectivity index (χ3n) is 3.67. The van der Waals surface area contributed by atoms with Gasteiger partial charge in [0.25, 0.3) is 0 Å². The van der Waals surface area contributed by atoms with Crippen molar-refractivity contribution in [2.45, 2.75) is 19.6 Å². The van der Waals surface area contributed by atoms with Crippen LogP contribution in [0.4, 0.5) is 11.4 Å². The Morgan fingerprint density at radius 1 is 1.09 bits per heavy atom. The number of para-hydroxylation sites is 1. The molecule has 3 N–H and O–H groups in total. The molecule has 1 atom stereocenters. The predicted octanol–water partition coefficient (Wildman–Crippen LogP) is 3.83. The lowest BCUT2D eigenvalue weighted by Crippen LogP contribution is -2.22. The summed E-state index contributed by atoms with van der Waals surface area (Å²) >= 11 is 0. The molecule has 23 heavy (non-hydrogen) atoms. The molecule has 0 unspecified atom stereocenters. The summed E-state index contributed by atoms with van der Waals surface area (Å²) in [6.07, 6.45) is 1.70. The Hall–Kier alpha value is -2.59. The number of hydrogen-bond acceptors (Lipinski definition) is 4. The van der Waals surface area contributed by atoms with Gasteiger partial charge in [-0.25, -0.2) is 0 Å². The lowest BCUT2D eigenvalue weighted by atomic mass is 10.1. The number of nitrogens with zero attached hydrogens (tertiary/aromatic N) is 1. The van der Waals surface area contributed by atoms with Crippen molar-refractivity contribution in [2.75, 3.05) is 17.7 Å². The highest BCUT2D eigenvalue weighted by Gasteiger charge is 2.09. The Bertz CT molecular complexity index is 774. The van der Waals surface area contributed by atoms with Gasteiger partial charge in [-0.3, -0.25) is 4.98 Å². The molecular weight excluding hydrogens is 286 g/mol. The number of fused-ring (bicyclic) bond motifs is 1. The lowest BCUT2D eigenvalue weighted by Gasteiger charge is -2.18. The summed E-state index contributed by atoms with van der Waals surface area (Å²) in [6, 6.07) is 18.3. The molecule has 1 heterocycles. The minimum Gasteiger partial charge on any atom is -0.396 e. The minimum atomic E-state index is 0.145. The molecule has 0 aliphatic carbocycles. The first-order valence-corrected chi connectivity index (χ1v) is 7.75. The molecule has 0 spiro atoms. The summed E-state index contributed by atoms with van der Waals surface area (Å²) in [6.45, 7) is 3.30. The maximum Gasteiger partial charge on any atom is 0.0743 e. The number of nitrogens with two attached hydrogens (primary N) is 1. The fourth-order valence-electron chi connectivity index (χ4n) is 2.53. The summed E-state index contributed by atoms with van der Waals surface area (Å²) in [7, 11) is 0. The van der Waals surface area contributed by atoms with Gasteiger partial charge in [-0.2, -0.15) is 0 Å². The first-order valence-electron chi connectivity index (χ1n) is 7.75. The normalized spacial score (nSPS) is 12.2. The second kappa shape index (κ2) is 7.11. The Morgan fingerprint density at radius 3 is 2.65 bits per heavy atom. The molecule has 0 bridgehead atoms. The van der Waals surface area contributed by atoms with Crippen LogP contribution in [0.25, 0.3) is 10.9 Å². The molecule has 1 aromatic heterocycles. The zero-order valence-corrected chi connectivity index (χ0v) is 13.2. The fraction of sp³-hybridized carbons (Fsp3) is 0.211. The SMILES string of the molecule is C[C@H](COCc1ccccc1)Nc1c(N)cnc2ccccc12. The van der Waals surface area contributed by atoms with Crippen LogP contribution in [0.2, 0.25) is 0 Å². The van der Waals surface area contributed by atoms with Crippen LogP contribution < -0.4 is 11.1 Å². The quantitative estimate of drug-likeness (QED) is 0.726. The van der Waals surface area contributed by atoms with E-state index < -0.39 is 0 Å². The summed E-state index contributed by atoms with van der Waals surface area (Å²) in [5.41, 5.74) is 9.77. The van der Waals surface area contributed by atoms with Gasteiger partial charge < -0.3 is 15.8 Å². The smallest absolute Gasteiger partial charge is 0.0743 e. The van der Waals surface area contributed by atoms with Gasteiger partial charge in [-0.1, -0.05) is 48.5 Å². The van der Waals surface area contributed by atoms with Crippen molar-refractivity contribution in [3.63, 3.8) is 0 Å². The second-order valence-corrected chi connectivity index (χ2v) is 5.65. The van der Waals surface area contributed by atoms with E-state index in [1.807, 2.05) is 42.5 Å². The standard InChI is InChI=1S/C19H21N3O/c1-14(12-23-13-15-7-3-2-4-8-15)22-19-16-9-5-6-10-18(16)21-11-17(19)20/h2-11,14H,12-13,20H2,1H3,(H,21,22)/t14-/m1/s1. The van der Waals surface area contributed by atoms with Crippen molar-refractivity contribution >= 4 is 22.3 Å².